The third-order valence-electron chi connectivity index (χ3n) is 2.15. The summed E-state index contributed by atoms with van der Waals surface area (Å²) >= 11 is 0. The third kappa shape index (κ3) is 1.71. The molecular weight excluding hydrogens is 170 g/mol. The minimum atomic E-state index is -0.829. The van der Waals surface area contributed by atoms with Gasteiger partial charge in [0.1, 0.15) is 5.78 Å². The molecule has 0 aliphatic carbocycles. The molecule has 1 rings (SSSR count). The van der Waals surface area contributed by atoms with Gasteiger partial charge in [-0.3, -0.25) is 4.79 Å². The first-order valence-corrected chi connectivity index (χ1v) is 4.06. The summed E-state index contributed by atoms with van der Waals surface area (Å²) in [4.78, 5) is 11.2. The molecule has 0 amide bonds. The van der Waals surface area contributed by atoms with Crippen molar-refractivity contribution in [3.8, 4) is 0 Å². The summed E-state index contributed by atoms with van der Waals surface area (Å²) in [5.41, 5.74) is -0.829. The maximum Gasteiger partial charge on any atom is 0.157 e. The molecule has 0 saturated carbocycles. The lowest BCUT2D eigenvalue weighted by Gasteiger charge is -2.24. The van der Waals surface area contributed by atoms with E-state index in [2.05, 4.69) is 5.16 Å². The zero-order valence-electron chi connectivity index (χ0n) is 7.94. The molecule has 4 heteroatoms. The Morgan fingerprint density at radius 2 is 2.46 bits per heavy atom. The molecule has 2 atom stereocenters. The van der Waals surface area contributed by atoms with Crippen molar-refractivity contribution >= 4 is 12.0 Å². The van der Waals surface area contributed by atoms with Crippen LogP contribution in [0.15, 0.2) is 17.0 Å². The van der Waals surface area contributed by atoms with Crippen LogP contribution in [-0.4, -0.2) is 22.8 Å². The molecule has 0 bridgehead atoms. The quantitative estimate of drug-likeness (QED) is 0.399. The number of hydrogen-bond acceptors (Lipinski definition) is 4. The summed E-state index contributed by atoms with van der Waals surface area (Å²) in [5, 5.41) is 11.4. The lowest BCUT2D eigenvalue weighted by molar-refractivity contribution is -0.122. The van der Waals surface area contributed by atoms with E-state index >= 15 is 0 Å². The molecule has 4 nitrogen and oxygen atoms in total. The second kappa shape index (κ2) is 3.20. The monoisotopic (exact) mass is 183 g/mol. The molecule has 72 valence electrons. The van der Waals surface area contributed by atoms with Crippen molar-refractivity contribution < 1.29 is 14.7 Å². The number of oxime groups is 1. The van der Waals surface area contributed by atoms with E-state index in [4.69, 9.17) is 9.94 Å². The number of Topliss-reactive ketones (excluding diaryl/α,β-unsaturated/α-hetero) is 1. The maximum atomic E-state index is 11.2. The summed E-state index contributed by atoms with van der Waals surface area (Å²) in [6.07, 6.45) is 2.98. The van der Waals surface area contributed by atoms with Crippen LogP contribution < -0.4 is 0 Å². The van der Waals surface area contributed by atoms with Gasteiger partial charge in [-0.1, -0.05) is 5.16 Å². The van der Waals surface area contributed by atoms with E-state index in [9.17, 15) is 4.79 Å². The van der Waals surface area contributed by atoms with Crippen LogP contribution in [0.4, 0.5) is 0 Å². The topological polar surface area (TPSA) is 58.9 Å². The Balaban J connectivity index is 2.96. The Labute approximate surface area is 76.9 Å². The minimum Gasteiger partial charge on any atom is -0.486 e. The van der Waals surface area contributed by atoms with Gasteiger partial charge in [-0.05, 0) is 26.8 Å². The van der Waals surface area contributed by atoms with Crippen molar-refractivity contribution in [1.29, 1.82) is 0 Å². The maximum absolute atomic E-state index is 11.2. The number of rotatable bonds is 2. The highest BCUT2D eigenvalue weighted by atomic mass is 16.5. The molecule has 1 aliphatic heterocycles. The van der Waals surface area contributed by atoms with Gasteiger partial charge in [0.15, 0.2) is 5.60 Å². The van der Waals surface area contributed by atoms with Gasteiger partial charge in [0, 0.05) is 0 Å². The Kier molecular flexibility index (Phi) is 2.40. The van der Waals surface area contributed by atoms with E-state index in [1.54, 1.807) is 19.9 Å². The Morgan fingerprint density at radius 3 is 2.92 bits per heavy atom. The standard InChI is InChI=1S/C9H13NO3/c1-6-4-8(7(2)11)9(3,13-6)5-10-12/h4-5,8,12H,1-3H3/b10-5-. The van der Waals surface area contributed by atoms with Gasteiger partial charge in [0.25, 0.3) is 0 Å². The number of hydrogen-bond donors (Lipinski definition) is 1. The van der Waals surface area contributed by atoms with Crippen LogP contribution >= 0.6 is 0 Å². The van der Waals surface area contributed by atoms with Crippen LogP contribution in [0.5, 0.6) is 0 Å². The molecule has 0 fully saturated rings. The Hall–Kier alpha value is -1.32. The predicted octanol–water partition coefficient (Wildman–Crippen LogP) is 1.34. The molecular formula is C9H13NO3. The highest BCUT2D eigenvalue weighted by Crippen LogP contribution is 2.32. The van der Waals surface area contributed by atoms with Crippen LogP contribution in [0.3, 0.4) is 0 Å². The molecule has 1 heterocycles. The fraction of sp³-hybridized carbons (Fsp3) is 0.556. The molecule has 0 aromatic heterocycles. The number of carbonyl (C=O) groups excluding carboxylic acids is 1. The molecule has 0 aromatic rings. The molecule has 1 aliphatic rings. The number of ether oxygens (including phenoxy) is 1. The lowest BCUT2D eigenvalue weighted by Crippen LogP contribution is -2.37. The number of carbonyl (C=O) groups is 1. The second-order valence-electron chi connectivity index (χ2n) is 3.40. The number of allylic oxidation sites excluding steroid dienone is 1. The van der Waals surface area contributed by atoms with Crippen LogP contribution in [0.25, 0.3) is 0 Å². The van der Waals surface area contributed by atoms with Crippen LogP contribution in [-0.2, 0) is 9.53 Å². The van der Waals surface area contributed by atoms with E-state index in [0.717, 1.165) is 0 Å². The minimum absolute atomic E-state index is 0.000694. The number of nitrogens with zero attached hydrogens (tertiary/aromatic N) is 1. The first-order valence-electron chi connectivity index (χ1n) is 4.06. The van der Waals surface area contributed by atoms with Crippen molar-refractivity contribution in [2.24, 2.45) is 11.1 Å². The summed E-state index contributed by atoms with van der Waals surface area (Å²) in [6, 6.07) is 0. The Bertz CT molecular complexity index is 283. The molecule has 13 heavy (non-hydrogen) atoms. The Morgan fingerprint density at radius 1 is 1.85 bits per heavy atom. The van der Waals surface area contributed by atoms with Crippen molar-refractivity contribution in [2.75, 3.05) is 0 Å². The van der Waals surface area contributed by atoms with E-state index in [0.29, 0.717) is 5.76 Å². The SMILES string of the molecule is CC(=O)C1C=C(C)OC1(C)/C=N\O. The molecule has 0 spiro atoms. The summed E-state index contributed by atoms with van der Waals surface area (Å²) < 4.78 is 5.39. The van der Waals surface area contributed by atoms with Crippen LogP contribution in [0.2, 0.25) is 0 Å². The highest BCUT2D eigenvalue weighted by Gasteiger charge is 2.41. The smallest absolute Gasteiger partial charge is 0.157 e. The van der Waals surface area contributed by atoms with Crippen LogP contribution in [0.1, 0.15) is 20.8 Å². The van der Waals surface area contributed by atoms with Crippen molar-refractivity contribution in [3.63, 3.8) is 0 Å². The molecule has 0 radical (unpaired) electrons. The van der Waals surface area contributed by atoms with Crippen molar-refractivity contribution in [1.82, 2.24) is 0 Å². The fourth-order valence-electron chi connectivity index (χ4n) is 1.59. The number of ketones is 1. The highest BCUT2D eigenvalue weighted by molar-refractivity contribution is 5.88. The van der Waals surface area contributed by atoms with Gasteiger partial charge in [0.05, 0.1) is 17.9 Å². The van der Waals surface area contributed by atoms with E-state index in [1.807, 2.05) is 0 Å². The van der Waals surface area contributed by atoms with Gasteiger partial charge < -0.3 is 9.94 Å². The average Bonchev–Trinajstić information content (AvgIpc) is 2.26. The average molecular weight is 183 g/mol. The molecule has 0 saturated heterocycles. The van der Waals surface area contributed by atoms with Crippen LogP contribution in [0, 0.1) is 5.92 Å². The zero-order valence-corrected chi connectivity index (χ0v) is 7.94. The first-order chi connectivity index (χ1) is 5.99. The summed E-state index contributed by atoms with van der Waals surface area (Å²) in [5.74, 6) is 0.324. The van der Waals surface area contributed by atoms with Crippen molar-refractivity contribution in [2.45, 2.75) is 26.4 Å². The largest absolute Gasteiger partial charge is 0.486 e. The van der Waals surface area contributed by atoms with Gasteiger partial charge in [-0.25, -0.2) is 0 Å². The summed E-state index contributed by atoms with van der Waals surface area (Å²) in [6.45, 7) is 4.98. The van der Waals surface area contributed by atoms with Crippen molar-refractivity contribution in [3.05, 3.63) is 11.8 Å². The lowest BCUT2D eigenvalue weighted by atomic mass is 9.88. The predicted molar refractivity (Wildman–Crippen MR) is 47.7 cm³/mol. The van der Waals surface area contributed by atoms with E-state index < -0.39 is 5.60 Å². The normalized spacial score (nSPS) is 33.2. The fourth-order valence-corrected chi connectivity index (χ4v) is 1.59. The zero-order chi connectivity index (χ0) is 10.1. The van der Waals surface area contributed by atoms with Gasteiger partial charge in [0.2, 0.25) is 0 Å². The van der Waals surface area contributed by atoms with Gasteiger partial charge in [-0.2, -0.15) is 0 Å². The molecule has 1 N–H and O–H groups in total. The third-order valence-corrected chi connectivity index (χ3v) is 2.15. The second-order valence-corrected chi connectivity index (χ2v) is 3.40. The van der Waals surface area contributed by atoms with Gasteiger partial charge >= 0.3 is 0 Å². The molecule has 0 aromatic carbocycles. The molecule has 2 unspecified atom stereocenters. The van der Waals surface area contributed by atoms with Gasteiger partial charge in [-0.15, -0.1) is 0 Å². The van der Waals surface area contributed by atoms with E-state index in [1.165, 1.54) is 13.1 Å². The van der Waals surface area contributed by atoms with E-state index in [-0.39, 0.29) is 11.7 Å². The first kappa shape index (κ1) is 9.77. The summed E-state index contributed by atoms with van der Waals surface area (Å²) in [7, 11) is 0.